The van der Waals surface area contributed by atoms with Crippen molar-refractivity contribution in [2.45, 2.75) is 19.6 Å². The standard InChI is InChI=1S/C10H15N3O2/c1-2-13-8(3-4-12-13)10(14)9-7-11-5-6-15-9/h3-4,9,11H,2,5-7H2,1H3. The smallest absolute Gasteiger partial charge is 0.210 e. The van der Waals surface area contributed by atoms with Gasteiger partial charge in [-0.3, -0.25) is 9.48 Å². The number of ether oxygens (including phenoxy) is 1. The largest absolute Gasteiger partial charge is 0.367 e. The van der Waals surface area contributed by atoms with Gasteiger partial charge in [0.15, 0.2) is 0 Å². The number of carbonyl (C=O) groups excluding carboxylic acids is 1. The fraction of sp³-hybridized carbons (Fsp3) is 0.600. The molecule has 0 aliphatic carbocycles. The third-order valence-electron chi connectivity index (χ3n) is 2.49. The van der Waals surface area contributed by atoms with Gasteiger partial charge in [-0.05, 0) is 13.0 Å². The van der Waals surface area contributed by atoms with Crippen molar-refractivity contribution < 1.29 is 9.53 Å². The van der Waals surface area contributed by atoms with E-state index in [0.717, 1.165) is 6.54 Å². The molecule has 0 aromatic carbocycles. The van der Waals surface area contributed by atoms with Gasteiger partial charge in [-0.25, -0.2) is 0 Å². The van der Waals surface area contributed by atoms with Crippen molar-refractivity contribution in [3.8, 4) is 0 Å². The van der Waals surface area contributed by atoms with Crippen molar-refractivity contribution in [2.24, 2.45) is 0 Å². The maximum Gasteiger partial charge on any atom is 0.210 e. The fourth-order valence-corrected chi connectivity index (χ4v) is 1.69. The summed E-state index contributed by atoms with van der Waals surface area (Å²) in [6, 6.07) is 1.74. The highest BCUT2D eigenvalue weighted by Gasteiger charge is 2.25. The van der Waals surface area contributed by atoms with Crippen LogP contribution in [0.1, 0.15) is 17.4 Å². The van der Waals surface area contributed by atoms with Gasteiger partial charge in [0.25, 0.3) is 0 Å². The Morgan fingerprint density at radius 1 is 1.80 bits per heavy atom. The number of Topliss-reactive ketones (excluding diaryl/α,β-unsaturated/α-hetero) is 1. The SMILES string of the molecule is CCn1nccc1C(=O)C1CNCCO1. The Balaban J connectivity index is 2.12. The normalized spacial score (nSPS) is 21.5. The van der Waals surface area contributed by atoms with Gasteiger partial charge in [0.1, 0.15) is 11.8 Å². The third kappa shape index (κ3) is 2.08. The van der Waals surface area contributed by atoms with Crippen LogP contribution in [-0.4, -0.2) is 41.4 Å². The quantitative estimate of drug-likeness (QED) is 0.716. The first kappa shape index (κ1) is 10.3. The highest BCUT2D eigenvalue weighted by atomic mass is 16.5. The van der Waals surface area contributed by atoms with E-state index in [2.05, 4.69) is 10.4 Å². The molecule has 5 nitrogen and oxygen atoms in total. The zero-order valence-electron chi connectivity index (χ0n) is 8.77. The molecule has 1 unspecified atom stereocenters. The van der Waals surface area contributed by atoms with E-state index in [9.17, 15) is 4.79 Å². The number of hydrogen-bond acceptors (Lipinski definition) is 4. The molecule has 1 aliphatic rings. The van der Waals surface area contributed by atoms with Gasteiger partial charge in [-0.1, -0.05) is 0 Å². The van der Waals surface area contributed by atoms with E-state index in [1.54, 1.807) is 16.9 Å². The van der Waals surface area contributed by atoms with Crippen molar-refractivity contribution >= 4 is 5.78 Å². The van der Waals surface area contributed by atoms with Crippen LogP contribution in [-0.2, 0) is 11.3 Å². The Hall–Kier alpha value is -1.20. The predicted molar refractivity (Wildman–Crippen MR) is 54.8 cm³/mol. The van der Waals surface area contributed by atoms with Gasteiger partial charge in [0, 0.05) is 25.8 Å². The van der Waals surface area contributed by atoms with Crippen molar-refractivity contribution in [3.05, 3.63) is 18.0 Å². The molecule has 0 radical (unpaired) electrons. The van der Waals surface area contributed by atoms with Crippen molar-refractivity contribution in [2.75, 3.05) is 19.7 Å². The molecular weight excluding hydrogens is 194 g/mol. The molecule has 0 spiro atoms. The van der Waals surface area contributed by atoms with Crippen LogP contribution in [0.4, 0.5) is 0 Å². The highest BCUT2D eigenvalue weighted by Crippen LogP contribution is 2.07. The van der Waals surface area contributed by atoms with Crippen molar-refractivity contribution in [1.82, 2.24) is 15.1 Å². The van der Waals surface area contributed by atoms with E-state index in [1.807, 2.05) is 6.92 Å². The number of nitrogens with zero attached hydrogens (tertiary/aromatic N) is 2. The molecular formula is C10H15N3O2. The first-order valence-electron chi connectivity index (χ1n) is 5.21. The molecule has 1 saturated heterocycles. The number of nitrogens with one attached hydrogen (secondary N) is 1. The van der Waals surface area contributed by atoms with E-state index in [4.69, 9.17) is 4.74 Å². The Labute approximate surface area is 88.4 Å². The lowest BCUT2D eigenvalue weighted by Gasteiger charge is -2.22. The van der Waals surface area contributed by atoms with Crippen LogP contribution in [0, 0.1) is 0 Å². The minimum Gasteiger partial charge on any atom is -0.367 e. The van der Waals surface area contributed by atoms with E-state index >= 15 is 0 Å². The molecule has 2 rings (SSSR count). The number of carbonyl (C=O) groups is 1. The number of rotatable bonds is 3. The lowest BCUT2D eigenvalue weighted by molar-refractivity contribution is 0.0261. The molecule has 0 saturated carbocycles. The zero-order valence-corrected chi connectivity index (χ0v) is 8.77. The lowest BCUT2D eigenvalue weighted by Crippen LogP contribution is -2.43. The summed E-state index contributed by atoms with van der Waals surface area (Å²) in [6.07, 6.45) is 1.29. The predicted octanol–water partition coefficient (Wildman–Crippen LogP) is 0.0741. The van der Waals surface area contributed by atoms with Crippen LogP contribution in [0.5, 0.6) is 0 Å². The second kappa shape index (κ2) is 4.55. The average molecular weight is 209 g/mol. The fourth-order valence-electron chi connectivity index (χ4n) is 1.69. The van der Waals surface area contributed by atoms with E-state index in [1.165, 1.54) is 0 Å². The molecule has 1 N–H and O–H groups in total. The van der Waals surface area contributed by atoms with Crippen LogP contribution in [0.2, 0.25) is 0 Å². The Bertz CT molecular complexity index is 342. The summed E-state index contributed by atoms with van der Waals surface area (Å²) in [5.41, 5.74) is 0.631. The molecule has 2 heterocycles. The highest BCUT2D eigenvalue weighted by molar-refractivity contribution is 5.98. The molecule has 1 atom stereocenters. The Kier molecular flexibility index (Phi) is 3.13. The molecule has 0 amide bonds. The number of hydrogen-bond donors (Lipinski definition) is 1. The Morgan fingerprint density at radius 3 is 3.33 bits per heavy atom. The number of aromatic nitrogens is 2. The zero-order chi connectivity index (χ0) is 10.7. The molecule has 82 valence electrons. The van der Waals surface area contributed by atoms with Gasteiger partial charge in [-0.2, -0.15) is 5.10 Å². The summed E-state index contributed by atoms with van der Waals surface area (Å²) in [5.74, 6) is 0.0153. The van der Waals surface area contributed by atoms with Crippen molar-refractivity contribution in [1.29, 1.82) is 0 Å². The first-order valence-corrected chi connectivity index (χ1v) is 5.21. The molecule has 5 heteroatoms. The molecule has 1 aromatic heterocycles. The molecule has 1 aromatic rings. The minimum atomic E-state index is -0.360. The molecule has 1 fully saturated rings. The number of aryl methyl sites for hydroxylation is 1. The van der Waals surface area contributed by atoms with Crippen LogP contribution >= 0.6 is 0 Å². The van der Waals surface area contributed by atoms with Gasteiger partial charge in [0.05, 0.1) is 6.61 Å². The van der Waals surface area contributed by atoms with Crippen LogP contribution in [0.3, 0.4) is 0 Å². The lowest BCUT2D eigenvalue weighted by atomic mass is 10.1. The van der Waals surface area contributed by atoms with Crippen LogP contribution in [0.25, 0.3) is 0 Å². The van der Waals surface area contributed by atoms with Gasteiger partial charge in [-0.15, -0.1) is 0 Å². The number of morpholine rings is 1. The molecule has 1 aliphatic heterocycles. The summed E-state index contributed by atoms with van der Waals surface area (Å²) in [4.78, 5) is 12.0. The summed E-state index contributed by atoms with van der Waals surface area (Å²) >= 11 is 0. The second-order valence-corrected chi connectivity index (χ2v) is 3.46. The van der Waals surface area contributed by atoms with E-state index in [-0.39, 0.29) is 11.9 Å². The van der Waals surface area contributed by atoms with E-state index < -0.39 is 0 Å². The second-order valence-electron chi connectivity index (χ2n) is 3.46. The maximum absolute atomic E-state index is 12.0. The molecule has 0 bridgehead atoms. The first-order chi connectivity index (χ1) is 7.33. The monoisotopic (exact) mass is 209 g/mol. The third-order valence-corrected chi connectivity index (χ3v) is 2.49. The molecule has 15 heavy (non-hydrogen) atoms. The van der Waals surface area contributed by atoms with Gasteiger partial charge >= 0.3 is 0 Å². The average Bonchev–Trinajstić information content (AvgIpc) is 2.77. The Morgan fingerprint density at radius 2 is 2.67 bits per heavy atom. The minimum absolute atomic E-state index is 0.0153. The van der Waals surface area contributed by atoms with Crippen LogP contribution < -0.4 is 5.32 Å². The maximum atomic E-state index is 12.0. The van der Waals surface area contributed by atoms with Gasteiger partial charge < -0.3 is 10.1 Å². The van der Waals surface area contributed by atoms with Crippen LogP contribution in [0.15, 0.2) is 12.3 Å². The van der Waals surface area contributed by atoms with E-state index in [0.29, 0.717) is 25.4 Å². The summed E-state index contributed by atoms with van der Waals surface area (Å²) in [7, 11) is 0. The topological polar surface area (TPSA) is 56.2 Å². The summed E-state index contributed by atoms with van der Waals surface area (Å²) in [5, 5.41) is 7.21. The van der Waals surface area contributed by atoms with Gasteiger partial charge in [0.2, 0.25) is 5.78 Å². The summed E-state index contributed by atoms with van der Waals surface area (Å²) in [6.45, 7) is 4.67. The van der Waals surface area contributed by atoms with Crippen molar-refractivity contribution in [3.63, 3.8) is 0 Å². The number of ketones is 1. The summed E-state index contributed by atoms with van der Waals surface area (Å²) < 4.78 is 7.10.